The number of amides is 1. The number of anilines is 1. The maximum atomic E-state index is 12.8. The highest BCUT2D eigenvalue weighted by Crippen LogP contribution is 2.26. The Morgan fingerprint density at radius 3 is 2.63 bits per heavy atom. The molecular formula is C22H19N3OS. The molecule has 0 saturated heterocycles. The Morgan fingerprint density at radius 1 is 1.04 bits per heavy atom. The van der Waals surface area contributed by atoms with E-state index in [0.29, 0.717) is 16.2 Å². The number of hydrogen-bond donors (Lipinski definition) is 1. The first-order valence-electron chi connectivity index (χ1n) is 8.77. The van der Waals surface area contributed by atoms with Gasteiger partial charge in [-0.05, 0) is 31.5 Å². The van der Waals surface area contributed by atoms with Crippen molar-refractivity contribution < 1.29 is 4.79 Å². The molecular weight excluding hydrogens is 354 g/mol. The van der Waals surface area contributed by atoms with Crippen molar-refractivity contribution in [1.82, 2.24) is 9.97 Å². The lowest BCUT2D eigenvalue weighted by atomic mass is 10.1. The molecule has 27 heavy (non-hydrogen) atoms. The quantitative estimate of drug-likeness (QED) is 0.538. The number of nitrogens with zero attached hydrogens (tertiary/aromatic N) is 2. The molecule has 0 unspecified atom stereocenters. The lowest BCUT2D eigenvalue weighted by Crippen LogP contribution is -2.12. The second-order valence-electron chi connectivity index (χ2n) is 6.52. The summed E-state index contributed by atoms with van der Waals surface area (Å²) in [5, 5.41) is 4.50. The number of pyridine rings is 1. The summed E-state index contributed by atoms with van der Waals surface area (Å²) in [5.74, 6) is -0.185. The van der Waals surface area contributed by atoms with Crippen molar-refractivity contribution in [3.05, 3.63) is 88.1 Å². The molecule has 4 aromatic rings. The van der Waals surface area contributed by atoms with Crippen molar-refractivity contribution in [2.75, 3.05) is 5.32 Å². The largest absolute Gasteiger partial charge is 0.298 e. The fourth-order valence-electron chi connectivity index (χ4n) is 2.99. The summed E-state index contributed by atoms with van der Waals surface area (Å²) < 4.78 is 0. The van der Waals surface area contributed by atoms with Gasteiger partial charge in [0.05, 0.1) is 16.8 Å². The first-order chi connectivity index (χ1) is 13.1. The maximum Gasteiger partial charge on any atom is 0.259 e. The van der Waals surface area contributed by atoms with Crippen LogP contribution in [-0.2, 0) is 6.42 Å². The zero-order chi connectivity index (χ0) is 18.8. The monoisotopic (exact) mass is 373 g/mol. The van der Waals surface area contributed by atoms with Gasteiger partial charge < -0.3 is 0 Å². The van der Waals surface area contributed by atoms with Gasteiger partial charge in [0.15, 0.2) is 5.13 Å². The summed E-state index contributed by atoms with van der Waals surface area (Å²) in [6, 6.07) is 17.9. The van der Waals surface area contributed by atoms with Crippen LogP contribution in [0.15, 0.2) is 60.8 Å². The van der Waals surface area contributed by atoms with Crippen molar-refractivity contribution in [3.8, 4) is 0 Å². The molecule has 0 atom stereocenters. The van der Waals surface area contributed by atoms with Gasteiger partial charge in [0.25, 0.3) is 5.91 Å². The Balaban J connectivity index is 1.56. The number of hydrogen-bond acceptors (Lipinski definition) is 4. The number of fused-ring (bicyclic) bond motifs is 1. The molecule has 5 heteroatoms. The van der Waals surface area contributed by atoms with E-state index in [1.54, 1.807) is 12.3 Å². The normalized spacial score (nSPS) is 10.9. The van der Waals surface area contributed by atoms with Gasteiger partial charge >= 0.3 is 0 Å². The summed E-state index contributed by atoms with van der Waals surface area (Å²) in [7, 11) is 0. The molecule has 1 amide bonds. The molecule has 134 valence electrons. The van der Waals surface area contributed by atoms with Crippen LogP contribution in [0.4, 0.5) is 5.13 Å². The Hall–Kier alpha value is -3.05. The minimum Gasteiger partial charge on any atom is -0.298 e. The third-order valence-electron chi connectivity index (χ3n) is 4.48. The first kappa shape index (κ1) is 17.4. The van der Waals surface area contributed by atoms with Crippen molar-refractivity contribution in [2.45, 2.75) is 20.3 Å². The number of carbonyl (C=O) groups is 1. The smallest absolute Gasteiger partial charge is 0.259 e. The van der Waals surface area contributed by atoms with E-state index >= 15 is 0 Å². The van der Waals surface area contributed by atoms with Gasteiger partial charge in [0, 0.05) is 22.9 Å². The van der Waals surface area contributed by atoms with Crippen molar-refractivity contribution in [3.63, 3.8) is 0 Å². The Morgan fingerprint density at radius 2 is 1.81 bits per heavy atom. The minimum atomic E-state index is -0.185. The average Bonchev–Trinajstić information content (AvgIpc) is 3.02. The predicted molar refractivity (Wildman–Crippen MR) is 111 cm³/mol. The van der Waals surface area contributed by atoms with Gasteiger partial charge in [-0.1, -0.05) is 48.0 Å². The predicted octanol–water partition coefficient (Wildman–Crippen LogP) is 5.15. The molecule has 0 aliphatic rings. The number of thiazole rings is 1. The Labute approximate surface area is 161 Å². The van der Waals surface area contributed by atoms with E-state index in [2.05, 4.69) is 46.5 Å². The van der Waals surface area contributed by atoms with Crippen molar-refractivity contribution >= 4 is 33.3 Å². The van der Waals surface area contributed by atoms with Gasteiger partial charge in [0.2, 0.25) is 0 Å². The molecule has 1 N–H and O–H groups in total. The average molecular weight is 373 g/mol. The van der Waals surface area contributed by atoms with E-state index in [0.717, 1.165) is 22.4 Å². The third-order valence-corrected chi connectivity index (χ3v) is 5.55. The zero-order valence-corrected chi connectivity index (χ0v) is 16.0. The van der Waals surface area contributed by atoms with Gasteiger partial charge in [-0.3, -0.25) is 15.1 Å². The van der Waals surface area contributed by atoms with Crippen LogP contribution in [0, 0.1) is 13.8 Å². The van der Waals surface area contributed by atoms with Crippen LogP contribution < -0.4 is 5.32 Å². The number of aromatic nitrogens is 2. The van der Waals surface area contributed by atoms with Gasteiger partial charge in [-0.25, -0.2) is 4.98 Å². The molecule has 2 heterocycles. The summed E-state index contributed by atoms with van der Waals surface area (Å²) in [4.78, 5) is 22.8. The lowest BCUT2D eigenvalue weighted by molar-refractivity contribution is 0.102. The van der Waals surface area contributed by atoms with E-state index < -0.39 is 0 Å². The SMILES string of the molecule is Cc1ccc(Cc2sc(NC(=O)c3cccc4cccnc34)nc2C)cc1. The van der Waals surface area contributed by atoms with Crippen molar-refractivity contribution in [1.29, 1.82) is 0 Å². The summed E-state index contributed by atoms with van der Waals surface area (Å²) in [5.41, 5.74) is 4.69. The highest BCUT2D eigenvalue weighted by atomic mass is 32.1. The van der Waals surface area contributed by atoms with Gasteiger partial charge in [0.1, 0.15) is 0 Å². The molecule has 0 saturated carbocycles. The van der Waals surface area contributed by atoms with Crippen LogP contribution in [0.2, 0.25) is 0 Å². The van der Waals surface area contributed by atoms with E-state index in [4.69, 9.17) is 0 Å². The summed E-state index contributed by atoms with van der Waals surface area (Å²) in [6.07, 6.45) is 2.52. The van der Waals surface area contributed by atoms with Crippen LogP contribution in [0.3, 0.4) is 0 Å². The fraction of sp³-hybridized carbons (Fsp3) is 0.136. The van der Waals surface area contributed by atoms with E-state index in [1.807, 2.05) is 31.2 Å². The van der Waals surface area contributed by atoms with E-state index in [-0.39, 0.29) is 5.91 Å². The summed E-state index contributed by atoms with van der Waals surface area (Å²) >= 11 is 1.52. The lowest BCUT2D eigenvalue weighted by Gasteiger charge is -2.05. The molecule has 2 aromatic carbocycles. The van der Waals surface area contributed by atoms with Crippen LogP contribution in [0.5, 0.6) is 0 Å². The maximum absolute atomic E-state index is 12.8. The molecule has 4 nitrogen and oxygen atoms in total. The van der Waals surface area contributed by atoms with Crippen molar-refractivity contribution in [2.24, 2.45) is 0 Å². The van der Waals surface area contributed by atoms with Crippen LogP contribution in [-0.4, -0.2) is 15.9 Å². The number of benzene rings is 2. The molecule has 0 spiro atoms. The molecule has 0 aliphatic carbocycles. The number of nitrogens with one attached hydrogen (secondary N) is 1. The Bertz CT molecular complexity index is 1110. The molecule has 4 rings (SSSR count). The standard InChI is InChI=1S/C22H19N3OS/c1-14-8-10-16(11-9-14)13-19-15(2)24-22(27-19)25-21(26)18-7-3-5-17-6-4-12-23-20(17)18/h3-12H,13H2,1-2H3,(H,24,25,26). The van der Waals surface area contributed by atoms with Crippen LogP contribution in [0.1, 0.15) is 32.1 Å². The first-order valence-corrected chi connectivity index (χ1v) is 9.59. The second-order valence-corrected chi connectivity index (χ2v) is 7.61. The number of rotatable bonds is 4. The zero-order valence-electron chi connectivity index (χ0n) is 15.2. The van der Waals surface area contributed by atoms with E-state index in [9.17, 15) is 4.79 Å². The highest BCUT2D eigenvalue weighted by Gasteiger charge is 2.15. The number of para-hydroxylation sites is 1. The summed E-state index contributed by atoms with van der Waals surface area (Å²) in [6.45, 7) is 4.06. The molecule has 0 aliphatic heterocycles. The molecule has 0 bridgehead atoms. The van der Waals surface area contributed by atoms with Crippen LogP contribution >= 0.6 is 11.3 Å². The van der Waals surface area contributed by atoms with Crippen LogP contribution in [0.25, 0.3) is 10.9 Å². The highest BCUT2D eigenvalue weighted by molar-refractivity contribution is 7.15. The van der Waals surface area contributed by atoms with Gasteiger partial charge in [-0.2, -0.15) is 0 Å². The second kappa shape index (κ2) is 7.29. The molecule has 0 fully saturated rings. The number of aryl methyl sites for hydroxylation is 2. The fourth-order valence-corrected chi connectivity index (χ4v) is 3.98. The third kappa shape index (κ3) is 3.73. The minimum absolute atomic E-state index is 0.185. The topological polar surface area (TPSA) is 54.9 Å². The Kier molecular flexibility index (Phi) is 4.69. The van der Waals surface area contributed by atoms with E-state index in [1.165, 1.54) is 22.5 Å². The molecule has 2 aromatic heterocycles. The van der Waals surface area contributed by atoms with Gasteiger partial charge in [-0.15, -0.1) is 11.3 Å². The number of carbonyl (C=O) groups excluding carboxylic acids is 1. The molecule has 0 radical (unpaired) electrons.